The highest BCUT2D eigenvalue weighted by Crippen LogP contribution is 2.37. The molecule has 4 nitrogen and oxygen atoms in total. The van der Waals surface area contributed by atoms with Crippen LogP contribution in [0.4, 0.5) is 0 Å². The molecule has 0 radical (unpaired) electrons. The number of hydrogen-bond donors (Lipinski definition) is 0. The molecule has 0 saturated carbocycles. The summed E-state index contributed by atoms with van der Waals surface area (Å²) in [5.74, 6) is 0. The fourth-order valence-corrected chi connectivity index (χ4v) is 4.45. The number of nitrogens with zero attached hydrogens (tertiary/aromatic N) is 2. The van der Waals surface area contributed by atoms with Gasteiger partial charge < -0.3 is 9.31 Å². The molecule has 0 N–H and O–H groups in total. The summed E-state index contributed by atoms with van der Waals surface area (Å²) < 4.78 is 14.9. The molecule has 30 heavy (non-hydrogen) atoms. The molecule has 2 aromatic heterocycles. The number of pyridine rings is 1. The molecule has 0 spiro atoms. The third-order valence-electron chi connectivity index (χ3n) is 6.81. The molecule has 6 rings (SSSR count). The highest BCUT2D eigenvalue weighted by atomic mass is 16.7. The van der Waals surface area contributed by atoms with Gasteiger partial charge in [0.05, 0.1) is 27.8 Å². The van der Waals surface area contributed by atoms with Crippen molar-refractivity contribution >= 4 is 50.9 Å². The molecule has 148 valence electrons. The van der Waals surface area contributed by atoms with Gasteiger partial charge in [-0.1, -0.05) is 48.5 Å². The summed E-state index contributed by atoms with van der Waals surface area (Å²) in [5, 5.41) is 3.49. The lowest BCUT2D eigenvalue weighted by molar-refractivity contribution is 0.00578. The Balaban J connectivity index is 1.66. The molecule has 5 heteroatoms. The summed E-state index contributed by atoms with van der Waals surface area (Å²) in [6.45, 7) is 8.35. The maximum absolute atomic E-state index is 6.30. The predicted octanol–water partition coefficient (Wildman–Crippen LogP) is 5.09. The summed E-state index contributed by atoms with van der Waals surface area (Å²) in [4.78, 5) is 4.97. The zero-order valence-electron chi connectivity index (χ0n) is 17.6. The molecule has 3 heterocycles. The lowest BCUT2D eigenvalue weighted by atomic mass is 9.78. The average molecular weight is 394 g/mol. The maximum Gasteiger partial charge on any atom is 0.494 e. The van der Waals surface area contributed by atoms with E-state index in [0.29, 0.717) is 0 Å². The van der Waals surface area contributed by atoms with E-state index in [1.807, 2.05) is 6.07 Å². The van der Waals surface area contributed by atoms with Crippen molar-refractivity contribution in [2.24, 2.45) is 0 Å². The minimum Gasteiger partial charge on any atom is -0.399 e. The zero-order valence-corrected chi connectivity index (χ0v) is 17.6. The number of fused-ring (bicyclic) bond motifs is 8. The fourth-order valence-electron chi connectivity index (χ4n) is 4.45. The van der Waals surface area contributed by atoms with Gasteiger partial charge in [-0.05, 0) is 56.7 Å². The van der Waals surface area contributed by atoms with Crippen LogP contribution in [0.3, 0.4) is 0 Å². The number of hydrogen-bond acceptors (Lipinski definition) is 3. The van der Waals surface area contributed by atoms with Crippen LogP contribution in [-0.4, -0.2) is 27.7 Å². The minimum absolute atomic E-state index is 0.362. The topological polar surface area (TPSA) is 35.8 Å². The highest BCUT2D eigenvalue weighted by molar-refractivity contribution is 6.62. The third kappa shape index (κ3) is 2.33. The lowest BCUT2D eigenvalue weighted by Crippen LogP contribution is -2.41. The minimum atomic E-state index is -0.381. The van der Waals surface area contributed by atoms with Crippen LogP contribution in [0, 0.1) is 0 Å². The maximum atomic E-state index is 6.30. The first-order valence-electron chi connectivity index (χ1n) is 10.4. The second-order valence-electron chi connectivity index (χ2n) is 9.17. The van der Waals surface area contributed by atoms with Crippen molar-refractivity contribution in [1.29, 1.82) is 0 Å². The van der Waals surface area contributed by atoms with E-state index in [2.05, 4.69) is 92.8 Å². The average Bonchev–Trinajstić information content (AvgIpc) is 3.22. The summed E-state index contributed by atoms with van der Waals surface area (Å²) in [7, 11) is -0.381. The van der Waals surface area contributed by atoms with E-state index in [4.69, 9.17) is 14.3 Å². The fraction of sp³-hybridized carbons (Fsp3) is 0.240. The van der Waals surface area contributed by atoms with E-state index in [0.717, 1.165) is 33.0 Å². The Morgan fingerprint density at radius 3 is 2.17 bits per heavy atom. The molecule has 0 aliphatic carbocycles. The van der Waals surface area contributed by atoms with Crippen molar-refractivity contribution in [1.82, 2.24) is 9.38 Å². The first-order valence-corrected chi connectivity index (χ1v) is 10.4. The molecule has 5 aromatic rings. The zero-order chi connectivity index (χ0) is 20.7. The summed E-state index contributed by atoms with van der Waals surface area (Å²) in [6.07, 6.45) is 0. The van der Waals surface area contributed by atoms with Crippen LogP contribution in [0.2, 0.25) is 0 Å². The number of benzene rings is 3. The van der Waals surface area contributed by atoms with Crippen molar-refractivity contribution in [2.75, 3.05) is 0 Å². The smallest absolute Gasteiger partial charge is 0.399 e. The van der Waals surface area contributed by atoms with Crippen molar-refractivity contribution < 1.29 is 9.31 Å². The van der Waals surface area contributed by atoms with Crippen molar-refractivity contribution in [2.45, 2.75) is 38.9 Å². The number of para-hydroxylation sites is 3. The van der Waals surface area contributed by atoms with E-state index in [1.165, 1.54) is 10.8 Å². The van der Waals surface area contributed by atoms with Crippen LogP contribution < -0.4 is 5.46 Å². The Labute approximate surface area is 175 Å². The van der Waals surface area contributed by atoms with E-state index < -0.39 is 0 Å². The van der Waals surface area contributed by atoms with Gasteiger partial charge in [-0.15, -0.1) is 0 Å². The van der Waals surface area contributed by atoms with Crippen LogP contribution in [-0.2, 0) is 9.31 Å². The van der Waals surface area contributed by atoms with Crippen LogP contribution in [0.1, 0.15) is 27.7 Å². The summed E-state index contributed by atoms with van der Waals surface area (Å²) in [5.41, 5.74) is 4.57. The van der Waals surface area contributed by atoms with Crippen molar-refractivity contribution in [3.05, 3.63) is 66.7 Å². The van der Waals surface area contributed by atoms with E-state index >= 15 is 0 Å². The van der Waals surface area contributed by atoms with Crippen LogP contribution in [0.15, 0.2) is 66.7 Å². The summed E-state index contributed by atoms with van der Waals surface area (Å²) >= 11 is 0. The predicted molar refractivity (Wildman–Crippen MR) is 123 cm³/mol. The molecule has 0 atom stereocenters. The molecule has 0 bridgehead atoms. The van der Waals surface area contributed by atoms with Crippen molar-refractivity contribution in [3.8, 4) is 0 Å². The van der Waals surface area contributed by atoms with Gasteiger partial charge in [0, 0.05) is 10.8 Å². The van der Waals surface area contributed by atoms with Crippen LogP contribution in [0.5, 0.6) is 0 Å². The molecular formula is C25H23BN2O2. The van der Waals surface area contributed by atoms with E-state index in [9.17, 15) is 0 Å². The van der Waals surface area contributed by atoms with Gasteiger partial charge in [-0.25, -0.2) is 4.98 Å². The van der Waals surface area contributed by atoms with Gasteiger partial charge in [0.15, 0.2) is 0 Å². The standard InChI is InChI=1S/C25H23BN2O2/c1-24(2)25(3,4)30-26(29-24)16-13-14-18-19(15-16)17-9-5-7-11-21(17)28-22-12-8-6-10-20(22)27-23(18)28/h5-15H,1-4H3. The molecule has 1 fully saturated rings. The largest absolute Gasteiger partial charge is 0.494 e. The molecule has 0 unspecified atom stereocenters. The third-order valence-corrected chi connectivity index (χ3v) is 6.81. The quantitative estimate of drug-likeness (QED) is 0.293. The monoisotopic (exact) mass is 394 g/mol. The second-order valence-corrected chi connectivity index (χ2v) is 9.17. The lowest BCUT2D eigenvalue weighted by Gasteiger charge is -2.32. The van der Waals surface area contributed by atoms with Gasteiger partial charge in [0.1, 0.15) is 5.65 Å². The molecule has 1 aliphatic heterocycles. The van der Waals surface area contributed by atoms with E-state index in [1.54, 1.807) is 0 Å². The van der Waals surface area contributed by atoms with Gasteiger partial charge in [-0.2, -0.15) is 0 Å². The van der Waals surface area contributed by atoms with Gasteiger partial charge in [0.2, 0.25) is 0 Å². The van der Waals surface area contributed by atoms with Gasteiger partial charge in [0.25, 0.3) is 0 Å². The molecule has 3 aromatic carbocycles. The first-order chi connectivity index (χ1) is 14.4. The number of rotatable bonds is 1. The Bertz CT molecular complexity index is 1450. The number of aromatic nitrogens is 2. The Morgan fingerprint density at radius 2 is 1.40 bits per heavy atom. The molecule has 0 amide bonds. The Morgan fingerprint density at radius 1 is 0.733 bits per heavy atom. The van der Waals surface area contributed by atoms with Crippen LogP contribution >= 0.6 is 0 Å². The molecule has 1 aliphatic rings. The highest BCUT2D eigenvalue weighted by Gasteiger charge is 2.51. The normalized spacial score (nSPS) is 18.2. The second kappa shape index (κ2) is 5.84. The van der Waals surface area contributed by atoms with Crippen LogP contribution in [0.25, 0.3) is 38.4 Å². The SMILES string of the molecule is CC1(C)OB(c2ccc3c(c2)c2ccccc2n2c4ccccc4nc32)OC1(C)C. The van der Waals surface area contributed by atoms with Gasteiger partial charge >= 0.3 is 7.12 Å². The summed E-state index contributed by atoms with van der Waals surface area (Å²) in [6, 6.07) is 23.3. The first kappa shape index (κ1) is 17.9. The Hall–Kier alpha value is -2.89. The Kier molecular flexibility index (Phi) is 3.49. The number of imidazole rings is 1. The molecular weight excluding hydrogens is 371 g/mol. The van der Waals surface area contributed by atoms with Gasteiger partial charge in [-0.3, -0.25) is 4.40 Å². The van der Waals surface area contributed by atoms with E-state index in [-0.39, 0.29) is 18.3 Å². The van der Waals surface area contributed by atoms with Crippen molar-refractivity contribution in [3.63, 3.8) is 0 Å². The molecule has 1 saturated heterocycles.